The smallest absolute Gasteiger partial charge is 0.353 e. The molecule has 0 saturated carbocycles. The van der Waals surface area contributed by atoms with Crippen LogP contribution in [0.4, 0.5) is 0 Å². The molecule has 7 nitrogen and oxygen atoms in total. The van der Waals surface area contributed by atoms with Crippen LogP contribution >= 0.6 is 11.8 Å². The largest absolute Gasteiger partial charge is 0.477 e. The number of carbonyl (C=O) groups excluding carboxylic acids is 2. The number of β-lactam (4-membered cyclic amide) rings is 1. The average Bonchev–Trinajstić information content (AvgIpc) is 2.70. The maximum Gasteiger partial charge on any atom is 0.353 e. The number of amides is 1. The van der Waals surface area contributed by atoms with Gasteiger partial charge < -0.3 is 19.8 Å². The summed E-state index contributed by atoms with van der Waals surface area (Å²) in [6.45, 7) is 3.48. The lowest BCUT2D eigenvalue weighted by molar-refractivity contribution is -0.161. The Bertz CT molecular complexity index is 515. The number of aliphatic hydroxyl groups excluding tert-OH is 1. The minimum Gasteiger partial charge on any atom is -0.477 e. The fourth-order valence-electron chi connectivity index (χ4n) is 2.71. The fraction of sp³-hybridized carbons (Fsp3) is 0.615. The molecule has 21 heavy (non-hydrogen) atoms. The quantitative estimate of drug-likeness (QED) is 0.532. The molecule has 1 saturated heterocycles. The van der Waals surface area contributed by atoms with Crippen molar-refractivity contribution in [3.05, 3.63) is 10.6 Å². The van der Waals surface area contributed by atoms with Gasteiger partial charge in [0.25, 0.3) is 0 Å². The summed E-state index contributed by atoms with van der Waals surface area (Å²) in [6.07, 6.45) is -0.462. The van der Waals surface area contributed by atoms with Crippen LogP contribution in [0, 0.1) is 5.92 Å². The number of esters is 1. The highest BCUT2D eigenvalue weighted by Gasteiger charge is 2.56. The lowest BCUT2D eigenvalue weighted by Gasteiger charge is -2.44. The van der Waals surface area contributed by atoms with Gasteiger partial charge in [0.2, 0.25) is 5.91 Å². The van der Waals surface area contributed by atoms with Crippen molar-refractivity contribution in [2.45, 2.75) is 32.4 Å². The molecular weight excluding hydrogens is 298 g/mol. The molecule has 1 amide bonds. The number of fused-ring (bicyclic) bond motifs is 1. The zero-order chi connectivity index (χ0) is 15.7. The van der Waals surface area contributed by atoms with Crippen LogP contribution in [0.1, 0.15) is 20.3 Å². The van der Waals surface area contributed by atoms with Gasteiger partial charge in [0, 0.05) is 11.3 Å². The zero-order valence-electron chi connectivity index (χ0n) is 11.7. The summed E-state index contributed by atoms with van der Waals surface area (Å²) in [5.41, 5.74) is -0.0730. The molecule has 3 atom stereocenters. The molecule has 0 aromatic carbocycles. The number of carboxylic acids is 1. The van der Waals surface area contributed by atoms with E-state index in [1.807, 2.05) is 0 Å². The summed E-state index contributed by atoms with van der Waals surface area (Å²) in [7, 11) is 0. The second-order valence-electron chi connectivity index (χ2n) is 4.92. The lowest BCUT2D eigenvalue weighted by atomic mass is 9.83. The Hall–Kier alpha value is -1.54. The van der Waals surface area contributed by atoms with Crippen molar-refractivity contribution in [3.63, 3.8) is 0 Å². The Labute approximate surface area is 125 Å². The predicted molar refractivity (Wildman–Crippen MR) is 74.2 cm³/mol. The second-order valence-corrected chi connectivity index (χ2v) is 5.99. The van der Waals surface area contributed by atoms with E-state index in [1.54, 1.807) is 6.92 Å². The van der Waals surface area contributed by atoms with Gasteiger partial charge in [0.1, 0.15) is 5.70 Å². The predicted octanol–water partition coefficient (Wildman–Crippen LogP) is 0.190. The van der Waals surface area contributed by atoms with Crippen molar-refractivity contribution < 1.29 is 29.3 Å². The van der Waals surface area contributed by atoms with Crippen LogP contribution in [0.3, 0.4) is 0 Å². The SMILES string of the molecule is CCOC(=O)CSC1=C(C(=O)O)N2C(=O)[C@H](C(C)O)[C@H]2C1. The van der Waals surface area contributed by atoms with E-state index in [-0.39, 0.29) is 30.0 Å². The highest BCUT2D eigenvalue weighted by molar-refractivity contribution is 8.03. The molecule has 2 N–H and O–H groups in total. The number of nitrogens with zero attached hydrogens (tertiary/aromatic N) is 1. The van der Waals surface area contributed by atoms with Gasteiger partial charge in [-0.15, -0.1) is 11.8 Å². The van der Waals surface area contributed by atoms with E-state index in [2.05, 4.69) is 0 Å². The standard InChI is InChI=1S/C13H17NO6S/c1-3-20-9(16)5-21-8-4-7-10(6(2)15)12(17)14(7)11(8)13(18)19/h6-7,10,15H,3-5H2,1-2H3,(H,18,19)/t6?,7-,10-/m1/s1. The molecule has 0 aromatic heterocycles. The number of ether oxygens (including phenoxy) is 1. The summed E-state index contributed by atoms with van der Waals surface area (Å²) in [5.74, 6) is -2.55. The number of aliphatic carboxylic acids is 1. The van der Waals surface area contributed by atoms with Crippen LogP contribution in [-0.4, -0.2) is 57.5 Å². The molecule has 2 aliphatic rings. The monoisotopic (exact) mass is 315 g/mol. The minimum atomic E-state index is -1.19. The maximum absolute atomic E-state index is 12.0. The number of hydrogen-bond donors (Lipinski definition) is 2. The Morgan fingerprint density at radius 2 is 2.19 bits per heavy atom. The Kier molecular flexibility index (Phi) is 4.58. The first-order valence-corrected chi connectivity index (χ1v) is 7.63. The van der Waals surface area contributed by atoms with Gasteiger partial charge in [-0.05, 0) is 13.8 Å². The van der Waals surface area contributed by atoms with E-state index in [9.17, 15) is 24.6 Å². The normalized spacial score (nSPS) is 25.5. The van der Waals surface area contributed by atoms with Gasteiger partial charge in [-0.25, -0.2) is 4.79 Å². The second kappa shape index (κ2) is 6.07. The first-order valence-electron chi connectivity index (χ1n) is 6.64. The van der Waals surface area contributed by atoms with E-state index in [0.717, 1.165) is 11.8 Å². The van der Waals surface area contributed by atoms with E-state index >= 15 is 0 Å². The van der Waals surface area contributed by atoms with E-state index in [0.29, 0.717) is 11.3 Å². The van der Waals surface area contributed by atoms with Crippen molar-refractivity contribution in [2.24, 2.45) is 5.92 Å². The minimum absolute atomic E-state index is 0.00799. The van der Waals surface area contributed by atoms with E-state index < -0.39 is 24.0 Å². The first-order chi connectivity index (χ1) is 9.88. The van der Waals surface area contributed by atoms with Gasteiger partial charge in [-0.3, -0.25) is 9.59 Å². The molecule has 0 aliphatic carbocycles. The molecule has 1 fully saturated rings. The van der Waals surface area contributed by atoms with Gasteiger partial charge in [0.15, 0.2) is 0 Å². The summed E-state index contributed by atoms with van der Waals surface area (Å²) in [4.78, 5) is 36.4. The van der Waals surface area contributed by atoms with Gasteiger partial charge in [-0.1, -0.05) is 0 Å². The van der Waals surface area contributed by atoms with Crippen molar-refractivity contribution in [2.75, 3.05) is 12.4 Å². The third kappa shape index (κ3) is 2.77. The number of hydrogen-bond acceptors (Lipinski definition) is 6. The van der Waals surface area contributed by atoms with Crippen LogP contribution in [0.2, 0.25) is 0 Å². The number of carbonyl (C=O) groups is 3. The molecule has 2 heterocycles. The van der Waals surface area contributed by atoms with Gasteiger partial charge in [-0.2, -0.15) is 0 Å². The maximum atomic E-state index is 12.0. The highest BCUT2D eigenvalue weighted by Crippen LogP contribution is 2.46. The van der Waals surface area contributed by atoms with Crippen LogP contribution < -0.4 is 0 Å². The number of thioether (sulfide) groups is 1. The third-order valence-electron chi connectivity index (χ3n) is 3.56. The zero-order valence-corrected chi connectivity index (χ0v) is 12.6. The number of rotatable bonds is 6. The van der Waals surface area contributed by atoms with Crippen molar-refractivity contribution in [3.8, 4) is 0 Å². The average molecular weight is 315 g/mol. The molecule has 2 aliphatic heterocycles. The van der Waals surface area contributed by atoms with Crippen LogP contribution in [0.5, 0.6) is 0 Å². The van der Waals surface area contributed by atoms with Crippen LogP contribution in [0.15, 0.2) is 10.6 Å². The number of carboxylic acid groups (broad SMARTS) is 1. The molecule has 0 radical (unpaired) electrons. The molecule has 1 unspecified atom stereocenters. The Morgan fingerprint density at radius 1 is 1.52 bits per heavy atom. The molecule has 2 rings (SSSR count). The van der Waals surface area contributed by atoms with Crippen molar-refractivity contribution in [1.29, 1.82) is 0 Å². The first kappa shape index (κ1) is 15.8. The van der Waals surface area contributed by atoms with Crippen molar-refractivity contribution in [1.82, 2.24) is 4.90 Å². The van der Waals surface area contributed by atoms with Crippen LogP contribution in [0.25, 0.3) is 0 Å². The molecule has 0 aromatic rings. The van der Waals surface area contributed by atoms with E-state index in [1.165, 1.54) is 11.8 Å². The fourth-order valence-corrected chi connectivity index (χ4v) is 3.69. The Balaban J connectivity index is 2.12. The summed E-state index contributed by atoms with van der Waals surface area (Å²) in [5, 5.41) is 18.9. The molecule has 8 heteroatoms. The molecular formula is C13H17NO6S. The highest BCUT2D eigenvalue weighted by atomic mass is 32.2. The van der Waals surface area contributed by atoms with Gasteiger partial charge in [0.05, 0.1) is 30.4 Å². The molecule has 0 bridgehead atoms. The summed E-state index contributed by atoms with van der Waals surface area (Å²) in [6, 6.07) is -0.326. The molecule has 0 spiro atoms. The lowest BCUT2D eigenvalue weighted by Crippen LogP contribution is -2.61. The topological polar surface area (TPSA) is 104 Å². The van der Waals surface area contributed by atoms with Gasteiger partial charge >= 0.3 is 11.9 Å². The van der Waals surface area contributed by atoms with Crippen LogP contribution in [-0.2, 0) is 19.1 Å². The summed E-state index contributed by atoms with van der Waals surface area (Å²) >= 11 is 1.08. The van der Waals surface area contributed by atoms with Crippen molar-refractivity contribution >= 4 is 29.6 Å². The summed E-state index contributed by atoms with van der Waals surface area (Å²) < 4.78 is 4.80. The Morgan fingerprint density at radius 3 is 2.71 bits per heavy atom. The number of aliphatic hydroxyl groups is 1. The third-order valence-corrected chi connectivity index (χ3v) is 4.65. The molecule has 116 valence electrons. The van der Waals surface area contributed by atoms with E-state index in [4.69, 9.17) is 4.74 Å².